The van der Waals surface area contributed by atoms with E-state index in [1.54, 1.807) is 0 Å². The topological polar surface area (TPSA) is 119 Å². The van der Waals surface area contributed by atoms with Gasteiger partial charge in [0.15, 0.2) is 4.84 Å². The Morgan fingerprint density at radius 3 is 1.62 bits per heavy atom. The van der Waals surface area contributed by atoms with Crippen LogP contribution in [0.5, 0.6) is 0 Å². The van der Waals surface area contributed by atoms with Crippen LogP contribution in [0.15, 0.2) is 115 Å². The third-order valence-corrected chi connectivity index (χ3v) is 13.7. The van der Waals surface area contributed by atoms with E-state index in [0.29, 0.717) is 12.0 Å². The van der Waals surface area contributed by atoms with Crippen molar-refractivity contribution >= 4 is 63.9 Å². The number of aliphatic hydroxyl groups is 1. The van der Waals surface area contributed by atoms with Crippen LogP contribution in [0.3, 0.4) is 0 Å². The van der Waals surface area contributed by atoms with Crippen LogP contribution >= 0.6 is 30.5 Å². The third kappa shape index (κ3) is 10.8. The van der Waals surface area contributed by atoms with E-state index in [1.165, 1.54) is 40.2 Å². The number of halogens is 2. The van der Waals surface area contributed by atoms with Crippen LogP contribution in [-0.2, 0) is 14.3 Å². The largest absolute Gasteiger partial charge is 0.455 e. The molecular weight excluding hydrogens is 694 g/mol. The first-order chi connectivity index (χ1) is 24.3. The van der Waals surface area contributed by atoms with Crippen molar-refractivity contribution in [1.29, 1.82) is 0 Å². The van der Waals surface area contributed by atoms with Gasteiger partial charge in [-0.2, -0.15) is 0 Å². The summed E-state index contributed by atoms with van der Waals surface area (Å²) in [6.07, 6.45) is 7.01. The highest BCUT2D eigenvalue weighted by molar-refractivity contribution is 7.95. The van der Waals surface area contributed by atoms with Crippen LogP contribution < -0.4 is 21.2 Å². The molecule has 11 heteroatoms. The molecule has 0 aliphatic carbocycles. The molecule has 0 bridgehead atoms. The molecule has 2 N–H and O–H groups in total. The van der Waals surface area contributed by atoms with Crippen molar-refractivity contribution in [2.24, 2.45) is 0 Å². The van der Waals surface area contributed by atoms with E-state index in [0.717, 1.165) is 44.7 Å². The van der Waals surface area contributed by atoms with Crippen LogP contribution in [0.2, 0.25) is 0 Å². The predicted molar refractivity (Wildman–Crippen MR) is 203 cm³/mol. The highest BCUT2D eigenvalue weighted by Gasteiger charge is 2.44. The quantitative estimate of drug-likeness (QED) is 0.0241. The lowest BCUT2D eigenvalue weighted by Gasteiger charge is -2.27. The lowest BCUT2D eigenvalue weighted by Crippen LogP contribution is -2.45. The molecule has 0 aliphatic rings. The summed E-state index contributed by atoms with van der Waals surface area (Å²) in [5.41, 5.74) is 0.233. The maximum Gasteiger partial charge on any atom is 0.306 e. The maximum atomic E-state index is 12.9. The summed E-state index contributed by atoms with van der Waals surface area (Å²) in [6.45, 7) is -0.577. The highest BCUT2D eigenvalue weighted by Crippen LogP contribution is 2.56. The number of non-ortho nitro benzene ring substituents is 1. The Labute approximate surface area is 304 Å². The number of esters is 1. The standard InChI is InChI=1S/C39H43Cl2N2O6P/c40-38(41)39(46)42-35(29-44)37(30-24-26-31(27-25-30)43(47)48)49-36(45)23-15-4-2-1-3-5-16-28-50(32-17-9-6-10-18-32,33-19-11-7-12-20-33)34-21-13-8-14-22-34/h6-14,17-22,24-27,35,37-38,44H,1-5,15-16,23,28-29H2/p+1/t35-,37+/m0/s1. The van der Waals surface area contributed by atoms with E-state index in [4.69, 9.17) is 27.9 Å². The lowest BCUT2D eigenvalue weighted by atomic mass is 10.0. The first-order valence-electron chi connectivity index (χ1n) is 16.9. The van der Waals surface area contributed by atoms with Gasteiger partial charge < -0.3 is 15.2 Å². The number of unbranched alkanes of at least 4 members (excludes halogenated alkanes) is 6. The number of hydrogen-bond donors (Lipinski definition) is 2. The Balaban J connectivity index is 1.28. The molecule has 50 heavy (non-hydrogen) atoms. The van der Waals surface area contributed by atoms with Gasteiger partial charge in [0, 0.05) is 18.6 Å². The van der Waals surface area contributed by atoms with E-state index in [-0.39, 0.29) is 12.1 Å². The highest BCUT2D eigenvalue weighted by atomic mass is 35.5. The number of nitrogens with zero attached hydrogens (tertiary/aromatic N) is 1. The fourth-order valence-electron chi connectivity index (χ4n) is 6.22. The van der Waals surface area contributed by atoms with E-state index in [9.17, 15) is 24.8 Å². The van der Waals surface area contributed by atoms with Gasteiger partial charge in [0.1, 0.15) is 29.3 Å². The SMILES string of the molecule is O=C(CCCCCCCCC[P+](c1ccccc1)(c1ccccc1)c1ccccc1)O[C@H](c1ccc([N+](=O)[O-])cc1)[C@H](CO)NC(=O)C(Cl)Cl. The number of ether oxygens (including phenoxy) is 1. The molecule has 4 aromatic carbocycles. The zero-order valence-corrected chi connectivity index (χ0v) is 30.3. The molecule has 0 spiro atoms. The molecule has 0 aliphatic heterocycles. The summed E-state index contributed by atoms with van der Waals surface area (Å²) in [7, 11) is -1.83. The first-order valence-corrected chi connectivity index (χ1v) is 19.8. The normalized spacial score (nSPS) is 12.6. The summed E-state index contributed by atoms with van der Waals surface area (Å²) in [5.74, 6) is -1.26. The van der Waals surface area contributed by atoms with Gasteiger partial charge in [-0.3, -0.25) is 19.7 Å². The van der Waals surface area contributed by atoms with E-state index < -0.39 is 47.7 Å². The zero-order chi connectivity index (χ0) is 35.8. The number of aliphatic hydroxyl groups excluding tert-OH is 1. The van der Waals surface area contributed by atoms with Crippen molar-refractivity contribution in [3.63, 3.8) is 0 Å². The second kappa shape index (κ2) is 20.1. The fraction of sp³-hybridized carbons (Fsp3) is 0.333. The molecule has 0 saturated carbocycles. The van der Waals surface area contributed by atoms with E-state index in [2.05, 4.69) is 96.3 Å². The van der Waals surface area contributed by atoms with Gasteiger partial charge in [-0.05, 0) is 73.4 Å². The van der Waals surface area contributed by atoms with Crippen molar-refractivity contribution in [3.8, 4) is 0 Å². The van der Waals surface area contributed by atoms with Gasteiger partial charge in [0.2, 0.25) is 0 Å². The number of benzene rings is 4. The molecule has 4 aromatic rings. The molecule has 0 radical (unpaired) electrons. The minimum atomic E-state index is -1.83. The summed E-state index contributed by atoms with van der Waals surface area (Å²) in [4.78, 5) is 34.2. The Kier molecular flexibility index (Phi) is 15.7. The maximum absolute atomic E-state index is 12.9. The van der Waals surface area contributed by atoms with E-state index >= 15 is 0 Å². The average molecular weight is 739 g/mol. The number of carbonyl (C=O) groups excluding carboxylic acids is 2. The Hall–Kier alpha value is -3.81. The second-order valence-corrected chi connectivity index (χ2v) is 16.8. The second-order valence-electron chi connectivity index (χ2n) is 12.1. The smallest absolute Gasteiger partial charge is 0.306 e. The van der Waals surface area contributed by atoms with Crippen LogP contribution in [-0.4, -0.2) is 45.6 Å². The molecule has 0 aromatic heterocycles. The number of nitro groups is 1. The molecule has 0 saturated heterocycles. The van der Waals surface area contributed by atoms with Gasteiger partial charge >= 0.3 is 5.97 Å². The fourth-order valence-corrected chi connectivity index (χ4v) is 10.8. The average Bonchev–Trinajstić information content (AvgIpc) is 3.15. The summed E-state index contributed by atoms with van der Waals surface area (Å²) in [6, 6.07) is 37.1. The van der Waals surface area contributed by atoms with Crippen LogP contribution in [0.1, 0.15) is 63.0 Å². The molecule has 0 heterocycles. The van der Waals surface area contributed by atoms with Gasteiger partial charge in [0.25, 0.3) is 11.6 Å². The Bertz CT molecular complexity index is 1530. The third-order valence-electron chi connectivity index (χ3n) is 8.74. The number of amides is 1. The molecule has 0 fully saturated rings. The minimum absolute atomic E-state index is 0.144. The number of hydrogen-bond acceptors (Lipinski definition) is 6. The molecule has 8 nitrogen and oxygen atoms in total. The molecular formula is C39H44Cl2N2O6P+. The lowest BCUT2D eigenvalue weighted by molar-refractivity contribution is -0.384. The molecule has 1 amide bonds. The van der Waals surface area contributed by atoms with Crippen molar-refractivity contribution in [2.75, 3.05) is 12.8 Å². The first kappa shape index (κ1) is 39.0. The van der Waals surface area contributed by atoms with Crippen LogP contribution in [0.4, 0.5) is 5.69 Å². The van der Waals surface area contributed by atoms with Crippen LogP contribution in [0, 0.1) is 10.1 Å². The van der Waals surface area contributed by atoms with Gasteiger partial charge in [-0.1, -0.05) is 103 Å². The van der Waals surface area contributed by atoms with Crippen molar-refractivity contribution in [1.82, 2.24) is 5.32 Å². The summed E-state index contributed by atoms with van der Waals surface area (Å²) < 4.78 is 5.70. The summed E-state index contributed by atoms with van der Waals surface area (Å²) >= 11 is 11.3. The molecule has 0 unspecified atom stereocenters. The van der Waals surface area contributed by atoms with Crippen molar-refractivity contribution in [3.05, 3.63) is 131 Å². The number of alkyl halides is 2. The van der Waals surface area contributed by atoms with Crippen molar-refractivity contribution in [2.45, 2.75) is 68.3 Å². The number of nitrogens with one attached hydrogen (secondary N) is 1. The summed E-state index contributed by atoms with van der Waals surface area (Å²) in [5, 5.41) is 27.8. The monoisotopic (exact) mass is 737 g/mol. The minimum Gasteiger partial charge on any atom is -0.455 e. The Morgan fingerprint density at radius 2 is 1.18 bits per heavy atom. The predicted octanol–water partition coefficient (Wildman–Crippen LogP) is 7.57. The molecule has 4 rings (SSSR count). The van der Waals surface area contributed by atoms with Crippen molar-refractivity contribution < 1.29 is 24.4 Å². The van der Waals surface area contributed by atoms with Gasteiger partial charge in [-0.15, -0.1) is 0 Å². The Morgan fingerprint density at radius 1 is 0.720 bits per heavy atom. The van der Waals surface area contributed by atoms with Crippen LogP contribution in [0.25, 0.3) is 0 Å². The molecule has 264 valence electrons. The van der Waals surface area contributed by atoms with Gasteiger partial charge in [-0.25, -0.2) is 0 Å². The number of rotatable bonds is 20. The number of nitro benzene ring substituents is 1. The number of carbonyl (C=O) groups is 2. The molecule has 2 atom stereocenters. The van der Waals surface area contributed by atoms with Gasteiger partial charge in [0.05, 0.1) is 23.7 Å². The van der Waals surface area contributed by atoms with E-state index in [1.807, 2.05) is 0 Å². The zero-order valence-electron chi connectivity index (χ0n) is 27.9.